The van der Waals surface area contributed by atoms with E-state index in [0.717, 1.165) is 6.92 Å². The highest BCUT2D eigenvalue weighted by Crippen LogP contribution is 2.22. The maximum atomic E-state index is 12.5. The lowest BCUT2D eigenvalue weighted by atomic mass is 10.2. The van der Waals surface area contributed by atoms with Crippen LogP contribution in [0.15, 0.2) is 35.9 Å². The molecule has 1 heterocycles. The second-order valence-corrected chi connectivity index (χ2v) is 3.64. The Bertz CT molecular complexity index is 482. The van der Waals surface area contributed by atoms with Gasteiger partial charge in [0.05, 0.1) is 5.57 Å². The molecule has 0 aliphatic heterocycles. The summed E-state index contributed by atoms with van der Waals surface area (Å²) in [5.41, 5.74) is -0.602. The van der Waals surface area contributed by atoms with Crippen LogP contribution in [0.4, 0.5) is 19.0 Å². The molecule has 8 heteroatoms. The molecule has 104 valence electrons. The van der Waals surface area contributed by atoms with Crippen molar-refractivity contribution < 1.29 is 28.2 Å². The average Bonchev–Trinajstić information content (AvgIpc) is 2.34. The van der Waals surface area contributed by atoms with Crippen LogP contribution in [-0.2, 0) is 4.79 Å². The van der Waals surface area contributed by atoms with Gasteiger partial charge in [-0.05, 0) is 19.1 Å². The lowest BCUT2D eigenvalue weighted by molar-refractivity contribution is -0.130. The third-order valence-corrected chi connectivity index (χ3v) is 2.16. The maximum absolute atomic E-state index is 12.5. The number of nitrogens with zero attached hydrogens (tertiary/aromatic N) is 2. The summed E-state index contributed by atoms with van der Waals surface area (Å²) in [6, 6.07) is 4.11. The summed E-state index contributed by atoms with van der Waals surface area (Å²) in [7, 11) is 0. The molecule has 0 unspecified atom stereocenters. The molecule has 0 spiro atoms. The number of alkyl halides is 3. The predicted octanol–water partition coefficient (Wildman–Crippen LogP) is 2.32. The van der Waals surface area contributed by atoms with Crippen molar-refractivity contribution in [1.82, 2.24) is 4.98 Å². The molecule has 0 radical (unpaired) electrons. The molecule has 0 fully saturated rings. The molecular weight excluding hydrogens is 265 g/mol. The Morgan fingerprint density at radius 1 is 1.37 bits per heavy atom. The van der Waals surface area contributed by atoms with E-state index < -0.39 is 30.1 Å². The van der Waals surface area contributed by atoms with Crippen molar-refractivity contribution in [3.8, 4) is 0 Å². The smallest absolute Gasteiger partial charge is 0.406 e. The minimum atomic E-state index is -4.64. The minimum absolute atomic E-state index is 0.231. The number of carbonyl (C=O) groups is 1. The van der Waals surface area contributed by atoms with Crippen LogP contribution < -0.4 is 4.90 Å². The standard InChI is InChI=1S/C11H11F3N2O3/c1-7(10(18)19)9(17)16(6-11(12,13)14)8-4-2-3-5-15-8/h2-5,18-19H,6H2,1H3. The quantitative estimate of drug-likeness (QED) is 0.656. The highest BCUT2D eigenvalue weighted by atomic mass is 19.4. The summed E-state index contributed by atoms with van der Waals surface area (Å²) < 4.78 is 37.4. The Morgan fingerprint density at radius 2 is 2.00 bits per heavy atom. The monoisotopic (exact) mass is 276 g/mol. The molecule has 1 aromatic rings. The van der Waals surface area contributed by atoms with Crippen molar-refractivity contribution in [2.45, 2.75) is 13.1 Å². The Kier molecular flexibility index (Phi) is 4.36. The zero-order chi connectivity index (χ0) is 14.6. The van der Waals surface area contributed by atoms with Gasteiger partial charge in [-0.15, -0.1) is 0 Å². The molecule has 0 aliphatic rings. The second kappa shape index (κ2) is 5.59. The summed E-state index contributed by atoms with van der Waals surface area (Å²) >= 11 is 0. The average molecular weight is 276 g/mol. The van der Waals surface area contributed by atoms with Crippen molar-refractivity contribution in [3.05, 3.63) is 35.9 Å². The van der Waals surface area contributed by atoms with Crippen LogP contribution in [-0.4, -0.2) is 33.8 Å². The Balaban J connectivity index is 3.14. The molecule has 1 aromatic heterocycles. The van der Waals surface area contributed by atoms with Crippen LogP contribution in [0.1, 0.15) is 6.92 Å². The molecule has 0 saturated heterocycles. The van der Waals surface area contributed by atoms with E-state index in [4.69, 9.17) is 10.2 Å². The minimum Gasteiger partial charge on any atom is -0.481 e. The number of hydrogen-bond acceptors (Lipinski definition) is 4. The number of pyridine rings is 1. The van der Waals surface area contributed by atoms with Crippen molar-refractivity contribution in [2.24, 2.45) is 0 Å². The van der Waals surface area contributed by atoms with E-state index in [1.807, 2.05) is 0 Å². The topological polar surface area (TPSA) is 73.7 Å². The van der Waals surface area contributed by atoms with Crippen molar-refractivity contribution in [2.75, 3.05) is 11.4 Å². The van der Waals surface area contributed by atoms with Gasteiger partial charge in [-0.25, -0.2) is 4.98 Å². The number of anilines is 1. The van der Waals surface area contributed by atoms with E-state index >= 15 is 0 Å². The van der Waals surface area contributed by atoms with E-state index in [1.165, 1.54) is 24.4 Å². The van der Waals surface area contributed by atoms with E-state index in [2.05, 4.69) is 4.98 Å². The van der Waals surface area contributed by atoms with Gasteiger partial charge in [-0.1, -0.05) is 6.07 Å². The molecule has 1 rings (SSSR count). The van der Waals surface area contributed by atoms with Gasteiger partial charge in [0.1, 0.15) is 12.4 Å². The van der Waals surface area contributed by atoms with Gasteiger partial charge in [0.2, 0.25) is 0 Å². The van der Waals surface area contributed by atoms with E-state index in [1.54, 1.807) is 0 Å². The molecule has 2 N–H and O–H groups in total. The van der Waals surface area contributed by atoms with Crippen molar-refractivity contribution in [3.63, 3.8) is 0 Å². The predicted molar refractivity (Wildman–Crippen MR) is 60.6 cm³/mol. The first kappa shape index (κ1) is 14.8. The molecule has 0 atom stereocenters. The number of hydrogen-bond donors (Lipinski definition) is 2. The van der Waals surface area contributed by atoms with Crippen molar-refractivity contribution >= 4 is 11.7 Å². The lowest BCUT2D eigenvalue weighted by Gasteiger charge is -2.23. The zero-order valence-corrected chi connectivity index (χ0v) is 9.85. The fraction of sp³-hybridized carbons (Fsp3) is 0.273. The van der Waals surface area contributed by atoms with Crippen LogP contribution in [0.2, 0.25) is 0 Å². The Hall–Kier alpha value is -2.25. The summed E-state index contributed by atoms with van der Waals surface area (Å²) in [6.07, 6.45) is -3.41. The third-order valence-electron chi connectivity index (χ3n) is 2.16. The van der Waals surface area contributed by atoms with Gasteiger partial charge in [0.15, 0.2) is 0 Å². The first-order valence-electron chi connectivity index (χ1n) is 5.11. The Morgan fingerprint density at radius 3 is 2.42 bits per heavy atom. The fourth-order valence-corrected chi connectivity index (χ4v) is 1.25. The van der Waals surface area contributed by atoms with Crippen LogP contribution in [0.3, 0.4) is 0 Å². The maximum Gasteiger partial charge on any atom is 0.406 e. The summed E-state index contributed by atoms with van der Waals surface area (Å²) in [5.74, 6) is -2.74. The Labute approximate surface area is 106 Å². The first-order chi connectivity index (χ1) is 8.72. The summed E-state index contributed by atoms with van der Waals surface area (Å²) in [5, 5.41) is 17.5. The van der Waals surface area contributed by atoms with Gasteiger partial charge >= 0.3 is 6.18 Å². The van der Waals surface area contributed by atoms with Gasteiger partial charge in [0.25, 0.3) is 11.9 Å². The van der Waals surface area contributed by atoms with Crippen LogP contribution in [0, 0.1) is 0 Å². The molecular formula is C11H11F3N2O3. The van der Waals surface area contributed by atoms with Gasteiger partial charge in [0, 0.05) is 6.20 Å². The molecule has 1 amide bonds. The molecule has 0 saturated carbocycles. The van der Waals surface area contributed by atoms with Crippen LogP contribution in [0.5, 0.6) is 0 Å². The molecule has 5 nitrogen and oxygen atoms in total. The number of aliphatic hydroxyl groups excluding tert-OH is 1. The van der Waals surface area contributed by atoms with E-state index in [0.29, 0.717) is 4.90 Å². The van der Waals surface area contributed by atoms with Crippen LogP contribution in [0.25, 0.3) is 0 Å². The third kappa shape index (κ3) is 4.16. The van der Waals surface area contributed by atoms with Gasteiger partial charge in [-0.3, -0.25) is 9.69 Å². The summed E-state index contributed by atoms with van der Waals surface area (Å²) in [4.78, 5) is 15.7. The zero-order valence-electron chi connectivity index (χ0n) is 9.85. The highest BCUT2D eigenvalue weighted by Gasteiger charge is 2.35. The number of aromatic nitrogens is 1. The number of amides is 1. The molecule has 0 bridgehead atoms. The van der Waals surface area contributed by atoms with Crippen molar-refractivity contribution in [1.29, 1.82) is 0 Å². The van der Waals surface area contributed by atoms with Gasteiger partial charge in [-0.2, -0.15) is 13.2 Å². The van der Waals surface area contributed by atoms with E-state index in [9.17, 15) is 18.0 Å². The number of carbonyl (C=O) groups excluding carboxylic acids is 1. The highest BCUT2D eigenvalue weighted by molar-refractivity contribution is 6.04. The van der Waals surface area contributed by atoms with Gasteiger partial charge < -0.3 is 10.2 Å². The normalized spacial score (nSPS) is 10.9. The summed E-state index contributed by atoms with van der Waals surface area (Å²) in [6.45, 7) is -0.572. The number of halogens is 3. The number of rotatable bonds is 3. The number of aliphatic hydroxyl groups is 2. The van der Waals surface area contributed by atoms with E-state index in [-0.39, 0.29) is 5.82 Å². The SMILES string of the molecule is CC(C(=O)N(CC(F)(F)F)c1ccccn1)=C(O)O. The second-order valence-electron chi connectivity index (χ2n) is 3.64. The first-order valence-corrected chi connectivity index (χ1v) is 5.11. The molecule has 0 aliphatic carbocycles. The molecule has 19 heavy (non-hydrogen) atoms. The largest absolute Gasteiger partial charge is 0.481 e. The van der Waals surface area contributed by atoms with Crippen LogP contribution >= 0.6 is 0 Å². The lowest BCUT2D eigenvalue weighted by Crippen LogP contribution is -2.40. The fourth-order valence-electron chi connectivity index (χ4n) is 1.25. The molecule has 0 aromatic carbocycles.